The van der Waals surface area contributed by atoms with Crippen LogP contribution in [0.5, 0.6) is 0 Å². The second kappa shape index (κ2) is 9.74. The third-order valence-corrected chi connectivity index (χ3v) is 5.39. The predicted octanol–water partition coefficient (Wildman–Crippen LogP) is 5.07. The number of furan rings is 1. The highest BCUT2D eigenvalue weighted by Crippen LogP contribution is 2.25. The number of carbonyl (C=O) groups is 2. The van der Waals surface area contributed by atoms with Gasteiger partial charge in [0.05, 0.1) is 17.6 Å². The number of nitrogens with one attached hydrogen (secondary N) is 1. The van der Waals surface area contributed by atoms with Gasteiger partial charge in [0.1, 0.15) is 12.4 Å². The number of rotatable bonds is 7. The lowest BCUT2D eigenvalue weighted by atomic mass is 10.2. The predicted molar refractivity (Wildman–Crippen MR) is 127 cm³/mol. The van der Waals surface area contributed by atoms with E-state index < -0.39 is 5.91 Å². The molecule has 4 aromatic rings. The zero-order valence-electron chi connectivity index (χ0n) is 19.2. The molecule has 34 heavy (non-hydrogen) atoms. The standard InChI is InChI=1S/C26H25FN4O3/c1-17(2)30(25(33)23-10-7-13-34-23)16-24(32)29-26-28-22(19-8-5-4-6-9-19)15-31(26)20-12-11-18(3)21(27)14-20/h4-15,17H,16H2,1-3H3,(H,28,29,32). The molecule has 0 bridgehead atoms. The number of benzene rings is 2. The first-order chi connectivity index (χ1) is 16.3. The number of carbonyl (C=O) groups excluding carboxylic acids is 2. The molecule has 2 amide bonds. The third-order valence-electron chi connectivity index (χ3n) is 5.39. The Balaban J connectivity index is 1.64. The summed E-state index contributed by atoms with van der Waals surface area (Å²) in [6.07, 6.45) is 3.15. The van der Waals surface area contributed by atoms with Crippen LogP contribution in [0, 0.1) is 12.7 Å². The van der Waals surface area contributed by atoms with Gasteiger partial charge in [-0.25, -0.2) is 9.37 Å². The second-order valence-electron chi connectivity index (χ2n) is 8.17. The molecule has 0 aliphatic carbocycles. The minimum Gasteiger partial charge on any atom is -0.459 e. The van der Waals surface area contributed by atoms with E-state index in [1.165, 1.54) is 17.2 Å². The molecule has 0 spiro atoms. The summed E-state index contributed by atoms with van der Waals surface area (Å²) < 4.78 is 21.1. The minimum absolute atomic E-state index is 0.157. The first kappa shape index (κ1) is 23.0. The maximum absolute atomic E-state index is 14.3. The van der Waals surface area contributed by atoms with E-state index in [0.29, 0.717) is 16.9 Å². The van der Waals surface area contributed by atoms with Gasteiger partial charge >= 0.3 is 0 Å². The Labute approximate surface area is 196 Å². The number of aryl methyl sites for hydroxylation is 1. The van der Waals surface area contributed by atoms with Crippen molar-refractivity contribution in [2.75, 3.05) is 11.9 Å². The number of hydrogen-bond donors (Lipinski definition) is 1. The van der Waals surface area contributed by atoms with Crippen LogP contribution in [0.3, 0.4) is 0 Å². The van der Waals surface area contributed by atoms with Gasteiger partial charge in [0.15, 0.2) is 5.76 Å². The lowest BCUT2D eigenvalue weighted by molar-refractivity contribution is -0.117. The van der Waals surface area contributed by atoms with Crippen molar-refractivity contribution in [2.24, 2.45) is 0 Å². The maximum atomic E-state index is 14.3. The van der Waals surface area contributed by atoms with E-state index in [4.69, 9.17) is 4.42 Å². The van der Waals surface area contributed by atoms with Crippen molar-refractivity contribution in [3.05, 3.63) is 90.3 Å². The van der Waals surface area contributed by atoms with Gasteiger partial charge in [-0.3, -0.25) is 19.5 Å². The van der Waals surface area contributed by atoms with Crippen LogP contribution in [0.25, 0.3) is 16.9 Å². The molecule has 0 radical (unpaired) electrons. The number of halogens is 1. The lowest BCUT2D eigenvalue weighted by Crippen LogP contribution is -2.42. The van der Waals surface area contributed by atoms with E-state index in [0.717, 1.165) is 5.56 Å². The molecule has 0 saturated heterocycles. The molecule has 0 saturated carbocycles. The highest BCUT2D eigenvalue weighted by Gasteiger charge is 2.24. The fourth-order valence-electron chi connectivity index (χ4n) is 3.49. The number of hydrogen-bond acceptors (Lipinski definition) is 4. The summed E-state index contributed by atoms with van der Waals surface area (Å²) in [5, 5.41) is 2.78. The summed E-state index contributed by atoms with van der Waals surface area (Å²) in [6.45, 7) is 5.12. The topological polar surface area (TPSA) is 80.4 Å². The smallest absolute Gasteiger partial charge is 0.290 e. The van der Waals surface area contributed by atoms with Crippen LogP contribution in [0.2, 0.25) is 0 Å². The molecule has 2 heterocycles. The normalized spacial score (nSPS) is 11.0. The van der Waals surface area contributed by atoms with Gasteiger partial charge in [-0.2, -0.15) is 0 Å². The fourth-order valence-corrected chi connectivity index (χ4v) is 3.49. The highest BCUT2D eigenvalue weighted by atomic mass is 19.1. The molecule has 2 aromatic carbocycles. The summed E-state index contributed by atoms with van der Waals surface area (Å²) in [7, 11) is 0. The molecule has 2 aromatic heterocycles. The molecular weight excluding hydrogens is 435 g/mol. The molecule has 174 valence electrons. The van der Waals surface area contributed by atoms with Crippen molar-refractivity contribution in [3.8, 4) is 16.9 Å². The molecule has 0 aliphatic heterocycles. The molecule has 0 atom stereocenters. The molecule has 4 rings (SSSR count). The lowest BCUT2D eigenvalue weighted by Gasteiger charge is -2.25. The molecule has 0 aliphatic rings. The average Bonchev–Trinajstić information content (AvgIpc) is 3.50. The molecule has 7 nitrogen and oxygen atoms in total. The number of imidazole rings is 1. The number of nitrogens with zero attached hydrogens (tertiary/aromatic N) is 3. The van der Waals surface area contributed by atoms with Crippen LogP contribution in [0.1, 0.15) is 30.0 Å². The molecule has 0 fully saturated rings. The number of anilines is 1. The number of amides is 2. The van der Waals surface area contributed by atoms with Gasteiger partial charge in [-0.15, -0.1) is 0 Å². The Morgan fingerprint density at radius 3 is 2.53 bits per heavy atom. The molecule has 8 heteroatoms. The summed E-state index contributed by atoms with van der Waals surface area (Å²) in [4.78, 5) is 31.8. The van der Waals surface area contributed by atoms with E-state index in [9.17, 15) is 14.0 Å². The Bertz CT molecular complexity index is 1300. The van der Waals surface area contributed by atoms with E-state index in [1.807, 2.05) is 44.2 Å². The van der Waals surface area contributed by atoms with Crippen molar-refractivity contribution in [1.82, 2.24) is 14.5 Å². The van der Waals surface area contributed by atoms with E-state index in [1.54, 1.807) is 42.0 Å². The number of aromatic nitrogens is 2. The van der Waals surface area contributed by atoms with Crippen molar-refractivity contribution in [2.45, 2.75) is 26.8 Å². The van der Waals surface area contributed by atoms with Crippen LogP contribution in [0.15, 0.2) is 77.5 Å². The van der Waals surface area contributed by atoms with Gasteiger partial charge in [-0.1, -0.05) is 36.4 Å². The van der Waals surface area contributed by atoms with Crippen molar-refractivity contribution >= 4 is 17.8 Å². The molecule has 0 unspecified atom stereocenters. The van der Waals surface area contributed by atoms with Crippen LogP contribution in [-0.2, 0) is 4.79 Å². The second-order valence-corrected chi connectivity index (χ2v) is 8.17. The van der Waals surface area contributed by atoms with Crippen LogP contribution in [0.4, 0.5) is 10.3 Å². The van der Waals surface area contributed by atoms with Crippen molar-refractivity contribution < 1.29 is 18.4 Å². The van der Waals surface area contributed by atoms with Gasteiger partial charge in [0, 0.05) is 17.8 Å². The fraction of sp³-hybridized carbons (Fsp3) is 0.192. The average molecular weight is 461 g/mol. The first-order valence-electron chi connectivity index (χ1n) is 10.9. The summed E-state index contributed by atoms with van der Waals surface area (Å²) >= 11 is 0. The Morgan fingerprint density at radius 2 is 1.88 bits per heavy atom. The summed E-state index contributed by atoms with van der Waals surface area (Å²) in [6, 6.07) is 17.2. The van der Waals surface area contributed by atoms with Crippen molar-refractivity contribution in [3.63, 3.8) is 0 Å². The zero-order valence-corrected chi connectivity index (χ0v) is 19.2. The molecular formula is C26H25FN4O3. The van der Waals surface area contributed by atoms with Gasteiger partial charge < -0.3 is 9.32 Å². The van der Waals surface area contributed by atoms with Crippen LogP contribution < -0.4 is 5.32 Å². The minimum atomic E-state index is -0.437. The van der Waals surface area contributed by atoms with E-state index >= 15 is 0 Å². The quantitative estimate of drug-likeness (QED) is 0.418. The Morgan fingerprint density at radius 1 is 1.12 bits per heavy atom. The van der Waals surface area contributed by atoms with Gasteiger partial charge in [0.25, 0.3) is 5.91 Å². The third kappa shape index (κ3) is 4.91. The van der Waals surface area contributed by atoms with E-state index in [2.05, 4.69) is 10.3 Å². The largest absolute Gasteiger partial charge is 0.459 e. The zero-order chi connectivity index (χ0) is 24.2. The van der Waals surface area contributed by atoms with Crippen molar-refractivity contribution in [1.29, 1.82) is 0 Å². The van der Waals surface area contributed by atoms with Gasteiger partial charge in [-0.05, 0) is 50.6 Å². The SMILES string of the molecule is Cc1ccc(-n2cc(-c3ccccc3)nc2NC(=O)CN(C(=O)c2ccco2)C(C)C)cc1F. The van der Waals surface area contributed by atoms with Crippen LogP contribution >= 0.6 is 0 Å². The highest BCUT2D eigenvalue weighted by molar-refractivity contribution is 5.97. The monoisotopic (exact) mass is 460 g/mol. The maximum Gasteiger partial charge on any atom is 0.290 e. The summed E-state index contributed by atoms with van der Waals surface area (Å²) in [5.74, 6) is -0.803. The Hall–Kier alpha value is -4.20. The summed E-state index contributed by atoms with van der Waals surface area (Å²) in [5.41, 5.74) is 2.49. The van der Waals surface area contributed by atoms with Crippen LogP contribution in [-0.4, -0.2) is 38.9 Å². The first-order valence-corrected chi connectivity index (χ1v) is 10.9. The van der Waals surface area contributed by atoms with E-state index in [-0.39, 0.29) is 36.0 Å². The molecule has 1 N–H and O–H groups in total. The van der Waals surface area contributed by atoms with Gasteiger partial charge in [0.2, 0.25) is 11.9 Å². The Kier molecular flexibility index (Phi) is 6.58.